The minimum Gasteiger partial charge on any atom is -0.460 e. The molecule has 3 unspecified atom stereocenters. The molecule has 0 radical (unpaired) electrons. The first-order valence-electron chi connectivity index (χ1n) is 6.63. The van der Waals surface area contributed by atoms with E-state index in [1.807, 2.05) is 6.92 Å². The summed E-state index contributed by atoms with van der Waals surface area (Å²) >= 11 is 1.41. The van der Waals surface area contributed by atoms with E-state index in [2.05, 4.69) is 0 Å². The smallest absolute Gasteiger partial charge is 0.331 e. The van der Waals surface area contributed by atoms with Crippen molar-refractivity contribution in [1.29, 1.82) is 0 Å². The number of esters is 2. The molecule has 0 aromatic carbocycles. The van der Waals surface area contributed by atoms with Crippen LogP contribution in [0.2, 0.25) is 0 Å². The highest BCUT2D eigenvalue weighted by Gasteiger charge is 2.14. The van der Waals surface area contributed by atoms with E-state index >= 15 is 0 Å². The fourth-order valence-electron chi connectivity index (χ4n) is 1.55. The third kappa shape index (κ3) is 10.9. The summed E-state index contributed by atoms with van der Waals surface area (Å²) in [6.07, 6.45) is 2.25. The number of aliphatic hydroxyl groups is 1. The van der Waals surface area contributed by atoms with Crippen LogP contribution in [-0.4, -0.2) is 39.9 Å². The van der Waals surface area contributed by atoms with Crippen LogP contribution in [-0.2, 0) is 19.1 Å². The number of thioether (sulfide) groups is 1. The van der Waals surface area contributed by atoms with Crippen molar-refractivity contribution in [2.75, 3.05) is 0 Å². The van der Waals surface area contributed by atoms with Crippen LogP contribution < -0.4 is 0 Å². The van der Waals surface area contributed by atoms with Crippen LogP contribution >= 0.6 is 11.8 Å². The lowest BCUT2D eigenvalue weighted by Gasteiger charge is -2.18. The molecule has 0 heterocycles. The van der Waals surface area contributed by atoms with Gasteiger partial charge in [0.1, 0.15) is 6.10 Å². The van der Waals surface area contributed by atoms with Crippen molar-refractivity contribution in [3.05, 3.63) is 12.2 Å². The molecule has 0 spiro atoms. The molecule has 0 aromatic rings. The second-order valence-corrected chi connectivity index (χ2v) is 6.61. The van der Waals surface area contributed by atoms with E-state index in [1.165, 1.54) is 11.8 Å². The topological polar surface area (TPSA) is 72.8 Å². The lowest BCUT2D eigenvalue weighted by atomic mass is 10.2. The molecule has 0 aromatic heterocycles. The highest BCUT2D eigenvalue weighted by molar-refractivity contribution is 8.00. The Morgan fingerprint density at radius 2 is 1.55 bits per heavy atom. The second kappa shape index (κ2) is 9.83. The Balaban J connectivity index is 4.07. The van der Waals surface area contributed by atoms with Gasteiger partial charge in [0.15, 0.2) is 0 Å². The van der Waals surface area contributed by atoms with Crippen molar-refractivity contribution in [2.45, 2.75) is 63.9 Å². The third-order valence-electron chi connectivity index (χ3n) is 2.12. The number of carbonyl (C=O) groups is 2. The molecule has 0 fully saturated rings. The Kier molecular flexibility index (Phi) is 9.33. The molecule has 6 heteroatoms. The molecule has 1 N–H and O–H groups in total. The zero-order chi connectivity index (χ0) is 15.7. The Hall–Kier alpha value is -1.01. The summed E-state index contributed by atoms with van der Waals surface area (Å²) in [5.74, 6) is -1.14. The van der Waals surface area contributed by atoms with Gasteiger partial charge in [0.25, 0.3) is 0 Å². The summed E-state index contributed by atoms with van der Waals surface area (Å²) in [6.45, 7) is 8.89. The van der Waals surface area contributed by atoms with Crippen LogP contribution in [0.25, 0.3) is 0 Å². The monoisotopic (exact) mass is 304 g/mol. The van der Waals surface area contributed by atoms with Crippen LogP contribution in [0.5, 0.6) is 0 Å². The first-order chi connectivity index (χ1) is 9.20. The van der Waals surface area contributed by atoms with Crippen molar-refractivity contribution >= 4 is 23.7 Å². The number of rotatable bonds is 8. The van der Waals surface area contributed by atoms with Gasteiger partial charge in [-0.1, -0.05) is 6.92 Å². The van der Waals surface area contributed by atoms with E-state index in [4.69, 9.17) is 9.47 Å². The molecule has 0 aliphatic heterocycles. The fourth-order valence-corrected chi connectivity index (χ4v) is 2.61. The molecule has 0 bridgehead atoms. The first kappa shape index (κ1) is 19.0. The molecule has 116 valence electrons. The van der Waals surface area contributed by atoms with Crippen LogP contribution in [0.4, 0.5) is 0 Å². The van der Waals surface area contributed by atoms with Gasteiger partial charge in [-0.3, -0.25) is 0 Å². The summed E-state index contributed by atoms with van der Waals surface area (Å²) in [5.41, 5.74) is -0.446. The SMILES string of the molecule is CC(C)OC(=O)/C=C/C(=O)OC(C)CC(C)SC(C)O. The number of aliphatic hydroxyl groups excluding tert-OH is 1. The minimum absolute atomic E-state index is 0.174. The quantitative estimate of drug-likeness (QED) is 0.421. The van der Waals surface area contributed by atoms with Gasteiger partial charge in [-0.05, 0) is 34.1 Å². The van der Waals surface area contributed by atoms with Gasteiger partial charge in [-0.2, -0.15) is 0 Å². The van der Waals surface area contributed by atoms with Crippen molar-refractivity contribution in [1.82, 2.24) is 0 Å². The fraction of sp³-hybridized carbons (Fsp3) is 0.714. The molecular weight excluding hydrogens is 280 g/mol. The molecule has 20 heavy (non-hydrogen) atoms. The minimum atomic E-state index is -0.576. The van der Waals surface area contributed by atoms with E-state index < -0.39 is 17.4 Å². The Morgan fingerprint density at radius 3 is 2.00 bits per heavy atom. The maximum atomic E-state index is 11.5. The van der Waals surface area contributed by atoms with Crippen LogP contribution in [0.3, 0.4) is 0 Å². The van der Waals surface area contributed by atoms with Gasteiger partial charge in [-0.15, -0.1) is 11.8 Å². The Labute approximate surface area is 124 Å². The standard InChI is InChI=1S/C14H24O5S/c1-9(2)18-13(16)6-7-14(17)19-10(3)8-11(4)20-12(5)15/h6-7,9-12,15H,8H2,1-5H3/b7-6+. The van der Waals surface area contributed by atoms with Crippen molar-refractivity contribution in [3.63, 3.8) is 0 Å². The Morgan fingerprint density at radius 1 is 1.05 bits per heavy atom. The maximum absolute atomic E-state index is 11.5. The normalized spacial score (nSPS) is 15.9. The average molecular weight is 304 g/mol. The summed E-state index contributed by atoms with van der Waals surface area (Å²) in [5, 5.41) is 9.40. The second-order valence-electron chi connectivity index (χ2n) is 4.85. The molecule has 0 amide bonds. The third-order valence-corrected chi connectivity index (χ3v) is 3.17. The van der Waals surface area contributed by atoms with Gasteiger partial charge in [0.05, 0.1) is 11.5 Å². The summed E-state index contributed by atoms with van der Waals surface area (Å²) in [6, 6.07) is 0. The van der Waals surface area contributed by atoms with Crippen molar-refractivity contribution in [2.24, 2.45) is 0 Å². The van der Waals surface area contributed by atoms with E-state index in [-0.39, 0.29) is 17.5 Å². The predicted octanol–water partition coefficient (Wildman–Crippen LogP) is 2.28. The lowest BCUT2D eigenvalue weighted by molar-refractivity contribution is -0.144. The van der Waals surface area contributed by atoms with Crippen LogP contribution in [0.1, 0.15) is 41.0 Å². The largest absolute Gasteiger partial charge is 0.460 e. The highest BCUT2D eigenvalue weighted by Crippen LogP contribution is 2.20. The van der Waals surface area contributed by atoms with Gasteiger partial charge in [-0.25, -0.2) is 9.59 Å². The van der Waals surface area contributed by atoms with Crippen molar-refractivity contribution < 1.29 is 24.2 Å². The maximum Gasteiger partial charge on any atom is 0.331 e. The van der Waals surface area contributed by atoms with E-state index in [0.29, 0.717) is 6.42 Å². The average Bonchev–Trinajstić information content (AvgIpc) is 2.23. The molecular formula is C14H24O5S. The zero-order valence-electron chi connectivity index (χ0n) is 12.7. The number of ether oxygens (including phenoxy) is 2. The van der Waals surface area contributed by atoms with Gasteiger partial charge in [0.2, 0.25) is 0 Å². The van der Waals surface area contributed by atoms with Gasteiger partial charge < -0.3 is 14.6 Å². The van der Waals surface area contributed by atoms with Crippen molar-refractivity contribution in [3.8, 4) is 0 Å². The highest BCUT2D eigenvalue weighted by atomic mass is 32.2. The van der Waals surface area contributed by atoms with E-state index in [9.17, 15) is 14.7 Å². The molecule has 0 saturated carbocycles. The van der Waals surface area contributed by atoms with E-state index in [1.54, 1.807) is 27.7 Å². The number of hydrogen-bond acceptors (Lipinski definition) is 6. The zero-order valence-corrected chi connectivity index (χ0v) is 13.5. The van der Waals surface area contributed by atoms with Gasteiger partial charge in [0, 0.05) is 17.4 Å². The summed E-state index contributed by atoms with van der Waals surface area (Å²) < 4.78 is 9.98. The van der Waals surface area contributed by atoms with Crippen LogP contribution in [0, 0.1) is 0 Å². The summed E-state index contributed by atoms with van der Waals surface area (Å²) in [4.78, 5) is 22.7. The summed E-state index contributed by atoms with van der Waals surface area (Å²) in [7, 11) is 0. The van der Waals surface area contributed by atoms with Crippen LogP contribution in [0.15, 0.2) is 12.2 Å². The molecule has 0 aliphatic rings. The predicted molar refractivity (Wildman–Crippen MR) is 79.3 cm³/mol. The molecule has 0 saturated heterocycles. The Bertz CT molecular complexity index is 338. The molecule has 0 aliphatic carbocycles. The number of hydrogen-bond donors (Lipinski definition) is 1. The first-order valence-corrected chi connectivity index (χ1v) is 7.57. The molecule has 5 nitrogen and oxygen atoms in total. The molecule has 0 rings (SSSR count). The van der Waals surface area contributed by atoms with Gasteiger partial charge >= 0.3 is 11.9 Å². The van der Waals surface area contributed by atoms with E-state index in [0.717, 1.165) is 12.2 Å². The number of carbonyl (C=O) groups excluding carboxylic acids is 2. The lowest BCUT2D eigenvalue weighted by Crippen LogP contribution is -2.18. The molecule has 3 atom stereocenters.